The first-order valence-corrected chi connectivity index (χ1v) is 11.8. The van der Waals surface area contributed by atoms with E-state index in [2.05, 4.69) is 6.07 Å². The number of carbonyl (C=O) groups is 4. The molecule has 2 N–H and O–H groups in total. The number of allylic oxidation sites excluding steroid dienone is 1. The number of fused-ring (bicyclic) bond motifs is 2. The number of hydrogen-bond donors (Lipinski definition) is 1. The number of nitriles is 1. The summed E-state index contributed by atoms with van der Waals surface area (Å²) in [5.41, 5.74) is 7.60. The molecule has 0 bridgehead atoms. The van der Waals surface area contributed by atoms with Crippen molar-refractivity contribution in [3.05, 3.63) is 123 Å². The summed E-state index contributed by atoms with van der Waals surface area (Å²) in [7, 11) is 2.30. The van der Waals surface area contributed by atoms with Crippen LogP contribution in [-0.4, -0.2) is 37.7 Å². The number of carbonyl (C=O) groups excluding carboxylic acids is 4. The minimum atomic E-state index is -1.03. The number of rotatable bonds is 4. The Balaban J connectivity index is 1.78. The molecule has 192 valence electrons. The highest BCUT2D eigenvalue weighted by Gasteiger charge is 2.43. The fraction of sp³-hybridized carbons (Fsp3) is 0.100. The van der Waals surface area contributed by atoms with E-state index in [1.165, 1.54) is 23.1 Å². The third-order valence-electron chi connectivity index (χ3n) is 6.78. The van der Waals surface area contributed by atoms with Crippen molar-refractivity contribution in [3.8, 4) is 6.07 Å². The van der Waals surface area contributed by atoms with E-state index in [-0.39, 0.29) is 56.6 Å². The molecule has 9 heteroatoms. The lowest BCUT2D eigenvalue weighted by atomic mass is 9.80. The normalized spacial score (nSPS) is 16.3. The second-order valence-electron chi connectivity index (χ2n) is 8.77. The Morgan fingerprint density at radius 1 is 0.821 bits per heavy atom. The maximum atomic E-state index is 13.4. The molecule has 3 aromatic carbocycles. The van der Waals surface area contributed by atoms with Gasteiger partial charge in [-0.3, -0.25) is 14.5 Å². The zero-order chi connectivity index (χ0) is 27.8. The van der Waals surface area contributed by atoms with Gasteiger partial charge in [-0.2, -0.15) is 5.26 Å². The standard InChI is InChI=1S/C30H21N3O6/c1-38-29(36)24-23(16-8-4-3-5-9-16)22(15-31)28(32)33(25(24)30(37)39-2)17-12-13-20-21(14-17)27(35)19-11-7-6-10-18(19)26(20)34/h3-14,23H,32H2,1-2H3. The van der Waals surface area contributed by atoms with Gasteiger partial charge < -0.3 is 15.2 Å². The van der Waals surface area contributed by atoms with Gasteiger partial charge >= 0.3 is 11.9 Å². The number of ketones is 2. The van der Waals surface area contributed by atoms with Gasteiger partial charge in [-0.05, 0) is 23.8 Å². The highest BCUT2D eigenvalue weighted by Crippen LogP contribution is 2.44. The van der Waals surface area contributed by atoms with Crippen molar-refractivity contribution in [2.75, 3.05) is 19.1 Å². The van der Waals surface area contributed by atoms with Gasteiger partial charge in [-0.25, -0.2) is 9.59 Å². The second kappa shape index (κ2) is 9.76. The van der Waals surface area contributed by atoms with E-state index >= 15 is 0 Å². The fourth-order valence-electron chi connectivity index (χ4n) is 5.01. The monoisotopic (exact) mass is 519 g/mol. The summed E-state index contributed by atoms with van der Waals surface area (Å²) in [6, 6.07) is 21.5. The van der Waals surface area contributed by atoms with Gasteiger partial charge in [0.1, 0.15) is 11.5 Å². The lowest BCUT2D eigenvalue weighted by molar-refractivity contribution is -0.139. The first-order chi connectivity index (χ1) is 18.8. The van der Waals surface area contributed by atoms with Crippen LogP contribution < -0.4 is 10.6 Å². The number of esters is 2. The number of nitrogens with zero attached hydrogens (tertiary/aromatic N) is 2. The Morgan fingerprint density at radius 3 is 1.97 bits per heavy atom. The van der Waals surface area contributed by atoms with Crippen molar-refractivity contribution < 1.29 is 28.7 Å². The van der Waals surface area contributed by atoms with Crippen molar-refractivity contribution >= 4 is 29.2 Å². The molecule has 3 aromatic rings. The van der Waals surface area contributed by atoms with Gasteiger partial charge in [0.05, 0.1) is 37.4 Å². The predicted molar refractivity (Wildman–Crippen MR) is 139 cm³/mol. The molecule has 0 radical (unpaired) electrons. The molecule has 0 saturated heterocycles. The van der Waals surface area contributed by atoms with E-state index in [0.29, 0.717) is 11.1 Å². The Hall–Kier alpha value is -5.49. The van der Waals surface area contributed by atoms with Gasteiger partial charge in [0, 0.05) is 27.9 Å². The molecule has 0 saturated carbocycles. The van der Waals surface area contributed by atoms with Crippen LogP contribution in [0.25, 0.3) is 0 Å². The predicted octanol–water partition coefficient (Wildman–Crippen LogP) is 3.36. The molecule has 0 spiro atoms. The van der Waals surface area contributed by atoms with Gasteiger partial charge in [0.25, 0.3) is 0 Å². The molecule has 0 fully saturated rings. The SMILES string of the molecule is COC(=O)C1=C(C(=O)OC)N(c2ccc3c(c2)C(=O)c2ccccc2C3=O)C(N)=C(C#N)C1c1ccccc1. The molecule has 1 aliphatic carbocycles. The van der Waals surface area contributed by atoms with Gasteiger partial charge in [0.15, 0.2) is 11.6 Å². The van der Waals surface area contributed by atoms with Crippen molar-refractivity contribution in [1.29, 1.82) is 5.26 Å². The molecule has 1 aliphatic heterocycles. The third kappa shape index (κ3) is 3.86. The van der Waals surface area contributed by atoms with Crippen molar-refractivity contribution in [1.82, 2.24) is 0 Å². The van der Waals surface area contributed by atoms with Crippen LogP contribution in [0.4, 0.5) is 5.69 Å². The average molecular weight is 520 g/mol. The van der Waals surface area contributed by atoms with Crippen LogP contribution in [0.2, 0.25) is 0 Å². The molecule has 1 unspecified atom stereocenters. The van der Waals surface area contributed by atoms with Gasteiger partial charge in [-0.1, -0.05) is 54.6 Å². The van der Waals surface area contributed by atoms with Crippen molar-refractivity contribution in [2.45, 2.75) is 5.92 Å². The first-order valence-electron chi connectivity index (χ1n) is 11.8. The molecule has 9 nitrogen and oxygen atoms in total. The summed E-state index contributed by atoms with van der Waals surface area (Å²) in [5.74, 6) is -3.67. The number of methoxy groups -OCH3 is 2. The Kier molecular flexibility index (Phi) is 6.30. The number of nitrogens with two attached hydrogens (primary N) is 1. The maximum Gasteiger partial charge on any atom is 0.355 e. The smallest absolute Gasteiger partial charge is 0.355 e. The van der Waals surface area contributed by atoms with Crippen LogP contribution in [0.15, 0.2) is 95.5 Å². The van der Waals surface area contributed by atoms with Crippen LogP contribution in [0.5, 0.6) is 0 Å². The molecular formula is C30H21N3O6. The summed E-state index contributed by atoms with van der Waals surface area (Å²) < 4.78 is 10.1. The topological polar surface area (TPSA) is 140 Å². The minimum Gasteiger partial charge on any atom is -0.466 e. The molecule has 39 heavy (non-hydrogen) atoms. The van der Waals surface area contributed by atoms with Crippen LogP contribution in [0.1, 0.15) is 43.3 Å². The average Bonchev–Trinajstić information content (AvgIpc) is 2.98. The maximum absolute atomic E-state index is 13.4. The summed E-state index contributed by atoms with van der Waals surface area (Å²) in [6.45, 7) is 0. The lowest BCUT2D eigenvalue weighted by Gasteiger charge is -2.36. The quantitative estimate of drug-likeness (QED) is 0.402. The number of ether oxygens (including phenoxy) is 2. The minimum absolute atomic E-state index is 0.0141. The van der Waals surface area contributed by atoms with Crippen LogP contribution in [0.3, 0.4) is 0 Å². The third-order valence-corrected chi connectivity index (χ3v) is 6.78. The van der Waals surface area contributed by atoms with E-state index in [1.807, 2.05) is 0 Å². The molecular weight excluding hydrogens is 498 g/mol. The molecule has 1 heterocycles. The number of benzene rings is 3. The summed E-state index contributed by atoms with van der Waals surface area (Å²) in [6.07, 6.45) is 0. The van der Waals surface area contributed by atoms with E-state index in [4.69, 9.17) is 15.2 Å². The van der Waals surface area contributed by atoms with Crippen molar-refractivity contribution in [3.63, 3.8) is 0 Å². The Bertz CT molecular complexity index is 1680. The number of hydrogen-bond acceptors (Lipinski definition) is 9. The van der Waals surface area contributed by atoms with Crippen LogP contribution >= 0.6 is 0 Å². The van der Waals surface area contributed by atoms with Crippen molar-refractivity contribution in [2.24, 2.45) is 5.73 Å². The zero-order valence-electron chi connectivity index (χ0n) is 20.9. The summed E-state index contributed by atoms with van der Waals surface area (Å²) in [4.78, 5) is 54.1. The zero-order valence-corrected chi connectivity index (χ0v) is 20.9. The second-order valence-corrected chi connectivity index (χ2v) is 8.77. The van der Waals surface area contributed by atoms with E-state index in [0.717, 1.165) is 14.2 Å². The Morgan fingerprint density at radius 2 is 1.38 bits per heavy atom. The van der Waals surface area contributed by atoms with E-state index in [9.17, 15) is 24.4 Å². The highest BCUT2D eigenvalue weighted by molar-refractivity contribution is 6.28. The Labute approximate surface area is 223 Å². The van der Waals surface area contributed by atoms with Gasteiger partial charge in [0.2, 0.25) is 0 Å². The first kappa shape index (κ1) is 25.2. The lowest BCUT2D eigenvalue weighted by Crippen LogP contribution is -2.41. The summed E-state index contributed by atoms with van der Waals surface area (Å²) >= 11 is 0. The van der Waals surface area contributed by atoms with Crippen LogP contribution in [-0.2, 0) is 19.1 Å². The molecule has 2 aliphatic rings. The van der Waals surface area contributed by atoms with E-state index < -0.39 is 17.9 Å². The van der Waals surface area contributed by atoms with Gasteiger partial charge in [-0.15, -0.1) is 0 Å². The molecule has 1 atom stereocenters. The fourth-order valence-corrected chi connectivity index (χ4v) is 5.01. The largest absolute Gasteiger partial charge is 0.466 e. The highest BCUT2D eigenvalue weighted by atomic mass is 16.5. The molecule has 0 aromatic heterocycles. The molecule has 0 amide bonds. The molecule has 5 rings (SSSR count). The number of anilines is 1. The summed E-state index contributed by atoms with van der Waals surface area (Å²) in [5, 5.41) is 10.2. The van der Waals surface area contributed by atoms with E-state index in [1.54, 1.807) is 54.6 Å². The van der Waals surface area contributed by atoms with Crippen LogP contribution in [0, 0.1) is 11.3 Å².